The van der Waals surface area contributed by atoms with Crippen LogP contribution in [0.1, 0.15) is 16.9 Å². The van der Waals surface area contributed by atoms with Gasteiger partial charge in [-0.15, -0.1) is 0 Å². The molecule has 0 radical (unpaired) electrons. The third kappa shape index (κ3) is 2.83. The van der Waals surface area contributed by atoms with E-state index < -0.39 is 11.2 Å². The zero-order chi connectivity index (χ0) is 16.6. The van der Waals surface area contributed by atoms with Gasteiger partial charge < -0.3 is 18.7 Å². The van der Waals surface area contributed by atoms with Gasteiger partial charge in [-0.05, 0) is 31.5 Å². The van der Waals surface area contributed by atoms with Crippen molar-refractivity contribution in [3.05, 3.63) is 68.1 Å². The number of ether oxygens (including phenoxy) is 1. The largest absolute Gasteiger partial charge is 0.502 e. The van der Waals surface area contributed by atoms with Crippen LogP contribution in [0.2, 0.25) is 0 Å². The van der Waals surface area contributed by atoms with Crippen LogP contribution in [-0.2, 0) is 6.61 Å². The second-order valence-corrected chi connectivity index (χ2v) is 5.18. The van der Waals surface area contributed by atoms with E-state index in [9.17, 15) is 9.59 Å². The SMILES string of the molecule is Cc1c(C)c2ccc(OCc3cc(=O)c(O)co3)cc2oc1=O. The van der Waals surface area contributed by atoms with Crippen molar-refractivity contribution in [3.8, 4) is 11.5 Å². The highest BCUT2D eigenvalue weighted by atomic mass is 16.5. The first-order valence-electron chi connectivity index (χ1n) is 6.93. The highest BCUT2D eigenvalue weighted by molar-refractivity contribution is 5.82. The molecule has 0 saturated heterocycles. The predicted molar refractivity (Wildman–Crippen MR) is 82.9 cm³/mol. The van der Waals surface area contributed by atoms with Gasteiger partial charge in [-0.1, -0.05) is 0 Å². The lowest BCUT2D eigenvalue weighted by Crippen LogP contribution is -2.06. The lowest BCUT2D eigenvalue weighted by Gasteiger charge is -2.08. The molecule has 0 unspecified atom stereocenters. The highest BCUT2D eigenvalue weighted by Crippen LogP contribution is 2.24. The third-order valence-corrected chi connectivity index (χ3v) is 3.68. The van der Waals surface area contributed by atoms with Gasteiger partial charge >= 0.3 is 5.63 Å². The molecule has 6 nitrogen and oxygen atoms in total. The summed E-state index contributed by atoms with van der Waals surface area (Å²) in [7, 11) is 0. The molecule has 0 aliphatic rings. The van der Waals surface area contributed by atoms with E-state index in [1.54, 1.807) is 19.1 Å². The Labute approximate surface area is 130 Å². The van der Waals surface area contributed by atoms with E-state index >= 15 is 0 Å². The van der Waals surface area contributed by atoms with Gasteiger partial charge in [-0.25, -0.2) is 4.79 Å². The fraction of sp³-hybridized carbons (Fsp3) is 0.176. The van der Waals surface area contributed by atoms with Crippen LogP contribution in [0.3, 0.4) is 0 Å². The van der Waals surface area contributed by atoms with Crippen LogP contribution in [0, 0.1) is 13.8 Å². The smallest absolute Gasteiger partial charge is 0.339 e. The number of rotatable bonds is 3. The number of hydrogen-bond donors (Lipinski definition) is 1. The summed E-state index contributed by atoms with van der Waals surface area (Å²) in [4.78, 5) is 23.1. The number of fused-ring (bicyclic) bond motifs is 1. The summed E-state index contributed by atoms with van der Waals surface area (Å²) >= 11 is 0. The van der Waals surface area contributed by atoms with Crippen molar-refractivity contribution in [2.45, 2.75) is 20.5 Å². The van der Waals surface area contributed by atoms with Gasteiger partial charge in [0.2, 0.25) is 5.43 Å². The first-order chi connectivity index (χ1) is 11.0. The van der Waals surface area contributed by atoms with Crippen LogP contribution in [0.25, 0.3) is 11.0 Å². The highest BCUT2D eigenvalue weighted by Gasteiger charge is 2.09. The standard InChI is InChI=1S/C17H14O6/c1-9-10(2)17(20)23-16-6-11(3-4-13(9)16)21-7-12-5-14(18)15(19)8-22-12/h3-6,8,19H,7H2,1-2H3. The molecule has 0 saturated carbocycles. The van der Waals surface area contributed by atoms with Crippen molar-refractivity contribution in [1.82, 2.24) is 0 Å². The summed E-state index contributed by atoms with van der Waals surface area (Å²) in [6, 6.07) is 6.32. The van der Waals surface area contributed by atoms with Gasteiger partial charge in [0.15, 0.2) is 5.75 Å². The minimum Gasteiger partial charge on any atom is -0.502 e. The van der Waals surface area contributed by atoms with Gasteiger partial charge in [-0.2, -0.15) is 0 Å². The van der Waals surface area contributed by atoms with Crippen LogP contribution < -0.4 is 15.8 Å². The third-order valence-electron chi connectivity index (χ3n) is 3.68. The van der Waals surface area contributed by atoms with Gasteiger partial charge in [-0.3, -0.25) is 4.79 Å². The summed E-state index contributed by atoms with van der Waals surface area (Å²) in [5, 5.41) is 9.97. The lowest BCUT2D eigenvalue weighted by atomic mass is 10.1. The molecule has 0 aliphatic carbocycles. The Hall–Kier alpha value is -3.02. The molecule has 3 aromatic rings. The Bertz CT molecular complexity index is 996. The Balaban J connectivity index is 1.89. The zero-order valence-electron chi connectivity index (χ0n) is 12.6. The minimum atomic E-state index is -0.537. The van der Waals surface area contributed by atoms with Crippen LogP contribution in [-0.4, -0.2) is 5.11 Å². The zero-order valence-corrected chi connectivity index (χ0v) is 12.6. The van der Waals surface area contributed by atoms with Crippen LogP contribution in [0.5, 0.6) is 11.5 Å². The van der Waals surface area contributed by atoms with Gasteiger partial charge in [0, 0.05) is 23.1 Å². The molecule has 6 heteroatoms. The molecule has 0 bridgehead atoms. The van der Waals surface area contributed by atoms with Crippen molar-refractivity contribution in [2.75, 3.05) is 0 Å². The molecule has 0 atom stereocenters. The average molecular weight is 314 g/mol. The molecule has 0 amide bonds. The topological polar surface area (TPSA) is 89.9 Å². The molecular weight excluding hydrogens is 300 g/mol. The second kappa shape index (κ2) is 5.64. The summed E-state index contributed by atoms with van der Waals surface area (Å²) < 4.78 is 15.8. The van der Waals surface area contributed by atoms with Crippen molar-refractivity contribution < 1.29 is 18.7 Å². The quantitative estimate of drug-likeness (QED) is 0.747. The van der Waals surface area contributed by atoms with E-state index in [0.717, 1.165) is 23.3 Å². The minimum absolute atomic E-state index is 0.0100. The van der Waals surface area contributed by atoms with E-state index in [1.165, 1.54) is 0 Å². The van der Waals surface area contributed by atoms with Crippen molar-refractivity contribution >= 4 is 11.0 Å². The van der Waals surface area contributed by atoms with E-state index in [4.69, 9.17) is 18.7 Å². The maximum Gasteiger partial charge on any atom is 0.339 e. The van der Waals surface area contributed by atoms with E-state index in [-0.39, 0.29) is 18.0 Å². The average Bonchev–Trinajstić information content (AvgIpc) is 2.53. The molecular formula is C17H14O6. The monoisotopic (exact) mass is 314 g/mol. The lowest BCUT2D eigenvalue weighted by molar-refractivity contribution is 0.263. The van der Waals surface area contributed by atoms with Crippen LogP contribution in [0.15, 0.2) is 49.0 Å². The molecule has 1 N–H and O–H groups in total. The Morgan fingerprint density at radius 2 is 1.91 bits per heavy atom. The Morgan fingerprint density at radius 3 is 2.65 bits per heavy atom. The van der Waals surface area contributed by atoms with Crippen LogP contribution >= 0.6 is 0 Å². The van der Waals surface area contributed by atoms with Crippen molar-refractivity contribution in [3.63, 3.8) is 0 Å². The summed E-state index contributed by atoms with van der Waals surface area (Å²) in [6.45, 7) is 3.59. The molecule has 2 aromatic heterocycles. The Kier molecular flexibility index (Phi) is 3.65. The predicted octanol–water partition coefficient (Wildman–Crippen LogP) is 2.65. The molecule has 118 valence electrons. The summed E-state index contributed by atoms with van der Waals surface area (Å²) in [6.07, 6.45) is 0.965. The summed E-state index contributed by atoms with van der Waals surface area (Å²) in [5.41, 5.74) is 0.967. The molecule has 3 rings (SSSR count). The number of benzene rings is 1. The first kappa shape index (κ1) is 14.9. The maximum atomic E-state index is 11.7. The fourth-order valence-electron chi connectivity index (χ4n) is 2.19. The Morgan fingerprint density at radius 1 is 1.13 bits per heavy atom. The maximum absolute atomic E-state index is 11.7. The van der Waals surface area contributed by atoms with E-state index in [0.29, 0.717) is 16.9 Å². The molecule has 0 aliphatic heterocycles. The summed E-state index contributed by atoms with van der Waals surface area (Å²) in [5.74, 6) is 0.293. The van der Waals surface area contributed by atoms with Gasteiger partial charge in [0.1, 0.15) is 30.0 Å². The fourth-order valence-corrected chi connectivity index (χ4v) is 2.19. The first-order valence-corrected chi connectivity index (χ1v) is 6.93. The van der Waals surface area contributed by atoms with Gasteiger partial charge in [0.25, 0.3) is 0 Å². The number of aryl methyl sites for hydroxylation is 1. The molecule has 2 heterocycles. The number of hydrogen-bond acceptors (Lipinski definition) is 6. The van der Waals surface area contributed by atoms with Crippen molar-refractivity contribution in [2.24, 2.45) is 0 Å². The second-order valence-electron chi connectivity index (χ2n) is 5.18. The number of aromatic hydroxyl groups is 1. The van der Waals surface area contributed by atoms with E-state index in [1.807, 2.05) is 13.0 Å². The molecule has 1 aromatic carbocycles. The molecule has 0 spiro atoms. The van der Waals surface area contributed by atoms with Crippen LogP contribution in [0.4, 0.5) is 0 Å². The van der Waals surface area contributed by atoms with Gasteiger partial charge in [0.05, 0.1) is 0 Å². The molecule has 0 fully saturated rings. The normalized spacial score (nSPS) is 10.9. The van der Waals surface area contributed by atoms with E-state index in [2.05, 4.69) is 0 Å². The van der Waals surface area contributed by atoms with Crippen molar-refractivity contribution in [1.29, 1.82) is 0 Å². The molecule has 23 heavy (non-hydrogen) atoms.